The molecule has 45 heavy (non-hydrogen) atoms. The molecule has 0 unspecified atom stereocenters. The molecule has 1 saturated heterocycles. The Morgan fingerprint density at radius 2 is 1.93 bits per heavy atom. The molecule has 3 heterocycles. The Labute approximate surface area is 273 Å². The summed E-state index contributed by atoms with van der Waals surface area (Å²) in [6.45, 7) is 9.92. The fourth-order valence-corrected chi connectivity index (χ4v) is 6.20. The van der Waals surface area contributed by atoms with E-state index in [0.29, 0.717) is 57.8 Å². The summed E-state index contributed by atoms with van der Waals surface area (Å²) in [4.78, 5) is 6.97. The van der Waals surface area contributed by atoms with E-state index in [1.54, 1.807) is 12.1 Å². The first kappa shape index (κ1) is 32.8. The maximum absolute atomic E-state index is 13.8. The third-order valence-corrected chi connectivity index (χ3v) is 8.89. The van der Waals surface area contributed by atoms with Gasteiger partial charge in [-0.15, -0.1) is 0 Å². The van der Waals surface area contributed by atoms with Gasteiger partial charge in [-0.2, -0.15) is 5.26 Å². The molecule has 5 rings (SSSR count). The van der Waals surface area contributed by atoms with Crippen LogP contribution in [-0.4, -0.2) is 53.8 Å². The van der Waals surface area contributed by atoms with Gasteiger partial charge < -0.3 is 26.1 Å². The Bertz CT molecular complexity index is 1640. The Hall–Kier alpha value is -3.59. The van der Waals surface area contributed by atoms with Crippen LogP contribution in [0.4, 0.5) is 21.5 Å². The monoisotopic (exact) mass is 652 g/mol. The van der Waals surface area contributed by atoms with Crippen molar-refractivity contribution in [1.29, 1.82) is 5.26 Å². The number of benzene rings is 2. The number of fused-ring (bicyclic) bond motifs is 1. The van der Waals surface area contributed by atoms with Gasteiger partial charge in [0.25, 0.3) is 0 Å². The molecule has 2 aliphatic heterocycles. The lowest BCUT2D eigenvalue weighted by Gasteiger charge is -2.41. The molecule has 1 fully saturated rings. The summed E-state index contributed by atoms with van der Waals surface area (Å²) in [6, 6.07) is 10.2. The molecule has 2 aliphatic rings. The smallest absolute Gasteiger partial charge is 0.141 e. The van der Waals surface area contributed by atoms with Gasteiger partial charge in [0.2, 0.25) is 0 Å². The van der Waals surface area contributed by atoms with Gasteiger partial charge >= 0.3 is 0 Å². The van der Waals surface area contributed by atoms with Gasteiger partial charge in [-0.3, -0.25) is 15.7 Å². The number of rotatable bonds is 9. The van der Waals surface area contributed by atoms with Crippen molar-refractivity contribution in [2.75, 3.05) is 36.9 Å². The minimum absolute atomic E-state index is 0.0354. The number of halogens is 3. The number of nitrogens with two attached hydrogens (primary N) is 1. The lowest BCUT2D eigenvalue weighted by molar-refractivity contribution is 0.0988. The molecule has 1 atom stereocenters. The summed E-state index contributed by atoms with van der Waals surface area (Å²) < 4.78 is 19.4. The van der Waals surface area contributed by atoms with Crippen LogP contribution in [0.15, 0.2) is 60.1 Å². The van der Waals surface area contributed by atoms with E-state index in [-0.39, 0.29) is 16.6 Å². The fourth-order valence-electron chi connectivity index (χ4n) is 5.75. The van der Waals surface area contributed by atoms with Crippen molar-refractivity contribution in [2.24, 2.45) is 5.84 Å². The summed E-state index contributed by atoms with van der Waals surface area (Å²) in [5, 5.41) is 21.3. The average Bonchev–Trinajstić information content (AvgIpc) is 3.03. The maximum atomic E-state index is 13.8. The number of hydrogen-bond donors (Lipinski definition) is 5. The predicted molar refractivity (Wildman–Crippen MR) is 180 cm³/mol. The van der Waals surface area contributed by atoms with Gasteiger partial charge in [-0.1, -0.05) is 29.3 Å². The van der Waals surface area contributed by atoms with Crippen LogP contribution in [0.2, 0.25) is 10.0 Å². The third kappa shape index (κ3) is 7.80. The summed E-state index contributed by atoms with van der Waals surface area (Å²) in [5.41, 5.74) is 7.45. The number of nitrogens with one attached hydrogen (secondary N) is 4. The van der Waals surface area contributed by atoms with Crippen LogP contribution in [-0.2, 0) is 4.74 Å². The lowest BCUT2D eigenvalue weighted by Crippen LogP contribution is -2.49. The fraction of sp³-hybridized carbons (Fsp3) is 0.394. The van der Waals surface area contributed by atoms with E-state index in [1.807, 2.05) is 12.3 Å². The number of nitrogens with zero attached hydrogens (tertiary/aromatic N) is 3. The van der Waals surface area contributed by atoms with Crippen LogP contribution < -0.4 is 27.2 Å². The second kappa shape index (κ2) is 14.2. The summed E-state index contributed by atoms with van der Waals surface area (Å²) in [6.07, 6.45) is 8.28. The van der Waals surface area contributed by atoms with Gasteiger partial charge in [0.15, 0.2) is 0 Å². The topological polar surface area (TPSA) is 123 Å². The Kier molecular flexibility index (Phi) is 10.4. The van der Waals surface area contributed by atoms with Gasteiger partial charge in [0.1, 0.15) is 11.9 Å². The van der Waals surface area contributed by atoms with Crippen molar-refractivity contribution in [1.82, 2.24) is 20.6 Å². The van der Waals surface area contributed by atoms with Gasteiger partial charge in [-0.25, -0.2) is 4.39 Å². The van der Waals surface area contributed by atoms with Crippen LogP contribution in [0.5, 0.6) is 0 Å². The molecule has 9 nitrogen and oxygen atoms in total. The van der Waals surface area contributed by atoms with Crippen LogP contribution in [0.3, 0.4) is 0 Å². The van der Waals surface area contributed by atoms with E-state index < -0.39 is 5.82 Å². The molecule has 0 radical (unpaired) electrons. The highest BCUT2D eigenvalue weighted by Crippen LogP contribution is 2.36. The number of piperidine rings is 1. The maximum Gasteiger partial charge on any atom is 0.141 e. The molecular formula is C33H39Cl2FN8O. The van der Waals surface area contributed by atoms with E-state index in [4.69, 9.17) is 33.8 Å². The number of ether oxygens (including phenoxy) is 1. The summed E-state index contributed by atoms with van der Waals surface area (Å²) >= 11 is 12.8. The van der Waals surface area contributed by atoms with Crippen molar-refractivity contribution in [3.63, 3.8) is 0 Å². The lowest BCUT2D eigenvalue weighted by atomic mass is 9.97. The van der Waals surface area contributed by atoms with Crippen LogP contribution in [0.25, 0.3) is 10.9 Å². The highest BCUT2D eigenvalue weighted by Gasteiger charge is 2.27. The number of hydrogen-bond acceptors (Lipinski definition) is 9. The average molecular weight is 654 g/mol. The minimum atomic E-state index is -0.535. The molecule has 2 aromatic carbocycles. The SMILES string of the molecule is CC(C)(C)N1CCC(N/C=C(\NN)[C@@H](Nc2cc(Cl)c3ncc(C#N)c(Nc4ccc(F)c(Cl)c4)c3c2)C2=CCOCC2)CC1. The predicted octanol–water partition coefficient (Wildman–Crippen LogP) is 6.58. The quantitative estimate of drug-likeness (QED) is 0.0990. The highest BCUT2D eigenvalue weighted by atomic mass is 35.5. The number of anilines is 3. The Balaban J connectivity index is 1.47. The molecule has 0 amide bonds. The van der Waals surface area contributed by atoms with E-state index >= 15 is 0 Å². The first-order valence-electron chi connectivity index (χ1n) is 15.0. The minimum Gasteiger partial charge on any atom is -0.387 e. The molecule has 0 spiro atoms. The zero-order valence-electron chi connectivity index (χ0n) is 25.7. The molecule has 3 aromatic rings. The van der Waals surface area contributed by atoms with Gasteiger partial charge in [0.05, 0.1) is 51.8 Å². The highest BCUT2D eigenvalue weighted by molar-refractivity contribution is 6.36. The van der Waals surface area contributed by atoms with Gasteiger partial charge in [0, 0.05) is 53.8 Å². The normalized spacial score (nSPS) is 17.4. The molecule has 6 N–H and O–H groups in total. The second-order valence-electron chi connectivity index (χ2n) is 12.3. The number of pyridine rings is 1. The van der Waals surface area contributed by atoms with Crippen molar-refractivity contribution in [3.05, 3.63) is 81.5 Å². The summed E-state index contributed by atoms with van der Waals surface area (Å²) in [7, 11) is 0. The zero-order valence-corrected chi connectivity index (χ0v) is 27.2. The van der Waals surface area contributed by atoms with E-state index in [0.717, 1.165) is 43.6 Å². The first-order valence-corrected chi connectivity index (χ1v) is 15.8. The van der Waals surface area contributed by atoms with Gasteiger partial charge in [-0.05, 0) is 75.9 Å². The van der Waals surface area contributed by atoms with E-state index in [1.165, 1.54) is 18.3 Å². The van der Waals surface area contributed by atoms with Crippen LogP contribution in [0.1, 0.15) is 45.6 Å². The molecule has 12 heteroatoms. The second-order valence-corrected chi connectivity index (χ2v) is 13.1. The first-order chi connectivity index (χ1) is 21.6. The molecule has 0 bridgehead atoms. The number of likely N-dealkylation sites (tertiary alicyclic amines) is 1. The largest absolute Gasteiger partial charge is 0.387 e. The number of hydrazine groups is 1. The molecule has 238 valence electrons. The number of aromatic nitrogens is 1. The van der Waals surface area contributed by atoms with E-state index in [9.17, 15) is 9.65 Å². The van der Waals surface area contributed by atoms with Crippen LogP contribution >= 0.6 is 23.2 Å². The Morgan fingerprint density at radius 1 is 1.18 bits per heavy atom. The third-order valence-electron chi connectivity index (χ3n) is 8.31. The Morgan fingerprint density at radius 3 is 2.58 bits per heavy atom. The van der Waals surface area contributed by atoms with Crippen molar-refractivity contribution in [3.8, 4) is 6.07 Å². The van der Waals surface area contributed by atoms with Crippen molar-refractivity contribution in [2.45, 2.75) is 57.7 Å². The molecule has 1 aromatic heterocycles. The zero-order chi connectivity index (χ0) is 32.1. The standard InChI is InChI=1S/C33H39Cl2FN8O/c1-33(2,3)44-10-6-22(7-11-44)39-19-29(43-38)31(20-8-12-45-13-9-20)42-24-14-25-30(41-23-4-5-28(36)26(34)15-23)21(17-37)18-40-32(25)27(35)16-24/h4-5,8,14-16,18-19,22,31,39,42-43H,6-7,9-13,38H2,1-3H3,(H,40,41)/b29-19-/t31-/m0/s1. The molecule has 0 aliphatic carbocycles. The molecule has 0 saturated carbocycles. The van der Waals surface area contributed by atoms with Crippen LogP contribution in [0, 0.1) is 17.1 Å². The van der Waals surface area contributed by atoms with E-state index in [2.05, 4.69) is 64.2 Å². The van der Waals surface area contributed by atoms with Crippen molar-refractivity contribution < 1.29 is 9.13 Å². The molecular weight excluding hydrogens is 614 g/mol. The summed E-state index contributed by atoms with van der Waals surface area (Å²) in [5.74, 6) is 5.60. The number of nitriles is 1. The van der Waals surface area contributed by atoms with Crippen molar-refractivity contribution >= 4 is 51.2 Å².